The maximum atomic E-state index is 5.71. The summed E-state index contributed by atoms with van der Waals surface area (Å²) in [6.45, 7) is 0. The number of hydrogen-bond acceptors (Lipinski definition) is 4. The van der Waals surface area contributed by atoms with Crippen molar-refractivity contribution in [2.24, 2.45) is 0 Å². The molecule has 4 nitrogen and oxygen atoms in total. The summed E-state index contributed by atoms with van der Waals surface area (Å²) in [6, 6.07) is 26.4. The number of benzene rings is 2. The van der Waals surface area contributed by atoms with Crippen molar-refractivity contribution in [1.82, 2.24) is 0 Å². The Balaban J connectivity index is 1.39. The van der Waals surface area contributed by atoms with Crippen molar-refractivity contribution < 1.29 is 18.3 Å². The van der Waals surface area contributed by atoms with Gasteiger partial charge >= 0.3 is 0 Å². The van der Waals surface area contributed by atoms with Crippen LogP contribution in [0.1, 0.15) is 0 Å². The number of hydrogen-bond donors (Lipinski definition) is 0. The second kappa shape index (κ2) is 7.29. The maximum Gasteiger partial charge on any atom is 0.290 e. The van der Waals surface area contributed by atoms with E-state index >= 15 is 0 Å². The van der Waals surface area contributed by atoms with Crippen LogP contribution in [-0.4, -0.2) is 0 Å². The summed E-state index contributed by atoms with van der Waals surface area (Å²) in [5.74, 6) is 2.40. The standard InChI is InChI=1S/C20H15O4P/c1-3-7-15(8-4-1)21-17-11-13-19(23-17)25-20-14-12-18(24-20)22-16-9-5-2-6-10-16/h1-14,25H. The molecule has 0 fully saturated rings. The van der Waals surface area contributed by atoms with Gasteiger partial charge in [0.25, 0.3) is 11.9 Å². The van der Waals surface area contributed by atoms with Crippen molar-refractivity contribution in [1.29, 1.82) is 0 Å². The van der Waals surface area contributed by atoms with Crippen molar-refractivity contribution >= 4 is 19.6 Å². The first-order valence-electron chi connectivity index (χ1n) is 7.78. The third-order valence-electron chi connectivity index (χ3n) is 3.33. The zero-order chi connectivity index (χ0) is 16.9. The van der Waals surface area contributed by atoms with Gasteiger partial charge in [-0.2, -0.15) is 0 Å². The number of ether oxygens (including phenoxy) is 2. The number of furan rings is 2. The van der Waals surface area contributed by atoms with Gasteiger partial charge in [0.05, 0.1) is 0 Å². The lowest BCUT2D eigenvalue weighted by Crippen LogP contribution is -1.97. The molecule has 124 valence electrons. The molecule has 0 aliphatic heterocycles. The molecule has 5 heteroatoms. The average Bonchev–Trinajstić information content (AvgIpc) is 3.27. The lowest BCUT2D eigenvalue weighted by Gasteiger charge is -2.01. The highest BCUT2D eigenvalue weighted by Gasteiger charge is 2.09. The van der Waals surface area contributed by atoms with Gasteiger partial charge in [0.15, 0.2) is 0 Å². The predicted molar refractivity (Wildman–Crippen MR) is 98.0 cm³/mol. The monoisotopic (exact) mass is 350 g/mol. The van der Waals surface area contributed by atoms with Crippen LogP contribution >= 0.6 is 8.58 Å². The summed E-state index contributed by atoms with van der Waals surface area (Å²) < 4.78 is 22.7. The van der Waals surface area contributed by atoms with Crippen molar-refractivity contribution in [2.45, 2.75) is 0 Å². The van der Waals surface area contributed by atoms with Gasteiger partial charge in [0, 0.05) is 20.7 Å². The summed E-state index contributed by atoms with van der Waals surface area (Å²) in [5.41, 5.74) is 1.57. The molecule has 2 aromatic heterocycles. The smallest absolute Gasteiger partial charge is 0.290 e. The van der Waals surface area contributed by atoms with Crippen LogP contribution in [0.3, 0.4) is 0 Å². The van der Waals surface area contributed by atoms with Gasteiger partial charge in [-0.25, -0.2) is 0 Å². The molecule has 0 saturated carbocycles. The minimum Gasteiger partial charge on any atom is -0.426 e. The van der Waals surface area contributed by atoms with E-state index in [0.29, 0.717) is 11.9 Å². The molecule has 2 heterocycles. The van der Waals surface area contributed by atoms with E-state index in [1.165, 1.54) is 0 Å². The highest BCUT2D eigenvalue weighted by atomic mass is 31.1. The fraction of sp³-hybridized carbons (Fsp3) is 0. The van der Waals surface area contributed by atoms with Crippen LogP contribution in [0.5, 0.6) is 23.4 Å². The summed E-state index contributed by atoms with van der Waals surface area (Å²) in [5, 5.41) is 0. The highest BCUT2D eigenvalue weighted by molar-refractivity contribution is 7.54. The van der Waals surface area contributed by atoms with Crippen molar-refractivity contribution in [3.63, 3.8) is 0 Å². The Morgan fingerprint density at radius 3 is 1.40 bits per heavy atom. The molecule has 0 spiro atoms. The minimum atomic E-state index is 0.246. The minimum absolute atomic E-state index is 0.246. The van der Waals surface area contributed by atoms with Gasteiger partial charge in [0.1, 0.15) is 22.5 Å². The van der Waals surface area contributed by atoms with Gasteiger partial charge in [-0.15, -0.1) is 0 Å². The Bertz CT molecular complexity index is 851. The molecule has 4 rings (SSSR count). The third kappa shape index (κ3) is 4.11. The van der Waals surface area contributed by atoms with E-state index in [9.17, 15) is 0 Å². The maximum absolute atomic E-state index is 5.71. The predicted octanol–water partition coefficient (Wildman–Crippen LogP) is 5.09. The Morgan fingerprint density at radius 2 is 0.960 bits per heavy atom. The second-order valence-corrected chi connectivity index (χ2v) is 6.43. The molecule has 0 bridgehead atoms. The van der Waals surface area contributed by atoms with Gasteiger partial charge < -0.3 is 18.3 Å². The molecule has 0 radical (unpaired) electrons. The lowest BCUT2D eigenvalue weighted by atomic mass is 10.3. The molecule has 0 amide bonds. The van der Waals surface area contributed by atoms with E-state index in [1.807, 2.05) is 72.8 Å². The van der Waals surface area contributed by atoms with E-state index in [2.05, 4.69) is 0 Å². The van der Waals surface area contributed by atoms with Gasteiger partial charge in [-0.05, 0) is 36.4 Å². The number of rotatable bonds is 6. The molecule has 2 aromatic carbocycles. The first-order valence-corrected chi connectivity index (χ1v) is 8.78. The quantitative estimate of drug-likeness (QED) is 0.455. The summed E-state index contributed by atoms with van der Waals surface area (Å²) in [6.07, 6.45) is 0. The molecular formula is C20H15O4P. The van der Waals surface area contributed by atoms with E-state index in [-0.39, 0.29) is 8.58 Å². The van der Waals surface area contributed by atoms with E-state index < -0.39 is 0 Å². The molecule has 0 unspecified atom stereocenters. The molecule has 0 atom stereocenters. The third-order valence-corrected chi connectivity index (χ3v) is 4.36. The molecular weight excluding hydrogens is 335 g/mol. The zero-order valence-corrected chi connectivity index (χ0v) is 14.2. The Hall–Kier alpha value is -2.97. The van der Waals surface area contributed by atoms with Crippen LogP contribution in [-0.2, 0) is 0 Å². The molecule has 0 aliphatic carbocycles. The van der Waals surface area contributed by atoms with Crippen LogP contribution in [0.2, 0.25) is 0 Å². The van der Waals surface area contributed by atoms with Crippen molar-refractivity contribution in [3.05, 3.63) is 84.9 Å². The van der Waals surface area contributed by atoms with Crippen LogP contribution in [0.25, 0.3) is 0 Å². The first-order chi connectivity index (χ1) is 12.3. The largest absolute Gasteiger partial charge is 0.426 e. The normalized spacial score (nSPS) is 10.6. The molecule has 25 heavy (non-hydrogen) atoms. The Morgan fingerprint density at radius 1 is 0.520 bits per heavy atom. The fourth-order valence-electron chi connectivity index (χ4n) is 2.22. The summed E-state index contributed by atoms with van der Waals surface area (Å²) >= 11 is 0. The van der Waals surface area contributed by atoms with Crippen LogP contribution in [0.4, 0.5) is 0 Å². The Kier molecular flexibility index (Phi) is 4.53. The van der Waals surface area contributed by atoms with Crippen LogP contribution in [0, 0.1) is 0 Å². The topological polar surface area (TPSA) is 44.7 Å². The molecule has 4 aromatic rings. The SMILES string of the molecule is c1ccc(Oc2ccc(Pc3ccc(Oc4ccccc4)o3)o2)cc1. The van der Waals surface area contributed by atoms with Crippen molar-refractivity contribution in [3.8, 4) is 23.4 Å². The van der Waals surface area contributed by atoms with Gasteiger partial charge in [0.2, 0.25) is 0 Å². The van der Waals surface area contributed by atoms with Crippen LogP contribution < -0.4 is 20.5 Å². The second-order valence-electron chi connectivity index (χ2n) is 5.19. The fourth-order valence-corrected chi connectivity index (χ4v) is 3.09. The molecule has 0 N–H and O–H groups in total. The van der Waals surface area contributed by atoms with Crippen molar-refractivity contribution in [2.75, 3.05) is 0 Å². The van der Waals surface area contributed by atoms with Crippen LogP contribution in [0.15, 0.2) is 93.8 Å². The molecule has 0 saturated heterocycles. The van der Waals surface area contributed by atoms with Gasteiger partial charge in [-0.3, -0.25) is 0 Å². The Labute approximate surface area is 146 Å². The van der Waals surface area contributed by atoms with E-state index in [0.717, 1.165) is 22.5 Å². The zero-order valence-electron chi connectivity index (χ0n) is 13.2. The van der Waals surface area contributed by atoms with Gasteiger partial charge in [-0.1, -0.05) is 36.4 Å². The molecule has 0 aliphatic rings. The number of para-hydroxylation sites is 2. The lowest BCUT2D eigenvalue weighted by molar-refractivity contribution is 0.355. The average molecular weight is 350 g/mol. The summed E-state index contributed by atoms with van der Waals surface area (Å²) in [7, 11) is 0.246. The summed E-state index contributed by atoms with van der Waals surface area (Å²) in [4.78, 5) is 0. The van der Waals surface area contributed by atoms with E-state index in [1.54, 1.807) is 12.1 Å². The van der Waals surface area contributed by atoms with E-state index in [4.69, 9.17) is 18.3 Å². The highest BCUT2D eigenvalue weighted by Crippen LogP contribution is 2.26. The first kappa shape index (κ1) is 15.6.